The van der Waals surface area contributed by atoms with Gasteiger partial charge in [-0.05, 0) is 60.2 Å². The van der Waals surface area contributed by atoms with Crippen LogP contribution in [-0.4, -0.2) is 26.3 Å². The number of hydrogen-bond donors (Lipinski definition) is 1. The van der Waals surface area contributed by atoms with E-state index in [9.17, 15) is 4.79 Å². The molecule has 4 rings (SSSR count). The van der Waals surface area contributed by atoms with Crippen LogP contribution < -0.4 is 20.1 Å². The highest BCUT2D eigenvalue weighted by Gasteiger charge is 2.28. The second kappa shape index (κ2) is 10.0. The zero-order valence-corrected chi connectivity index (χ0v) is 19.6. The van der Waals surface area contributed by atoms with E-state index in [0.717, 1.165) is 28.8 Å². The Morgan fingerprint density at radius 3 is 2.61 bits per heavy atom. The molecule has 0 saturated carbocycles. The summed E-state index contributed by atoms with van der Waals surface area (Å²) in [4.78, 5) is 19.3. The Kier molecular flexibility index (Phi) is 6.92. The Balaban J connectivity index is 1.60. The predicted octanol–water partition coefficient (Wildman–Crippen LogP) is 4.70. The lowest BCUT2D eigenvalue weighted by Crippen LogP contribution is -2.29. The Morgan fingerprint density at radius 2 is 1.88 bits per heavy atom. The number of ether oxygens (including phenoxy) is 2. The van der Waals surface area contributed by atoms with Crippen LogP contribution in [0.15, 0.2) is 59.6 Å². The van der Waals surface area contributed by atoms with Crippen molar-refractivity contribution in [1.82, 2.24) is 0 Å². The predicted molar refractivity (Wildman–Crippen MR) is 134 cm³/mol. The Bertz CT molecular complexity index is 1200. The molecule has 1 aliphatic heterocycles. The van der Waals surface area contributed by atoms with E-state index in [-0.39, 0.29) is 12.5 Å². The molecule has 1 amide bonds. The van der Waals surface area contributed by atoms with Gasteiger partial charge in [0.2, 0.25) is 0 Å². The van der Waals surface area contributed by atoms with Crippen molar-refractivity contribution in [3.63, 3.8) is 0 Å². The lowest BCUT2D eigenvalue weighted by atomic mass is 10.1. The highest BCUT2D eigenvalue weighted by molar-refractivity contribution is 7.09. The van der Waals surface area contributed by atoms with Crippen LogP contribution >= 0.6 is 9.47 Å². The number of hydrogen-bond acceptors (Lipinski definition) is 6. The van der Waals surface area contributed by atoms with Gasteiger partial charge < -0.3 is 24.6 Å². The van der Waals surface area contributed by atoms with Crippen molar-refractivity contribution in [3.05, 3.63) is 76.9 Å². The Hall–Kier alpha value is -3.41. The van der Waals surface area contributed by atoms with E-state index >= 15 is 0 Å². The molecule has 8 heteroatoms. The summed E-state index contributed by atoms with van der Waals surface area (Å²) in [6.07, 6.45) is 0.820. The number of nitrogens with zero attached hydrogens (tertiary/aromatic N) is 2. The van der Waals surface area contributed by atoms with Crippen molar-refractivity contribution in [2.75, 3.05) is 24.3 Å². The van der Waals surface area contributed by atoms with Crippen molar-refractivity contribution >= 4 is 39.2 Å². The van der Waals surface area contributed by atoms with Crippen LogP contribution in [0.5, 0.6) is 11.5 Å². The van der Waals surface area contributed by atoms with Crippen LogP contribution in [0, 0.1) is 0 Å². The third-order valence-electron chi connectivity index (χ3n) is 5.53. The molecule has 1 aliphatic rings. The van der Waals surface area contributed by atoms with Gasteiger partial charge in [0.05, 0.1) is 25.0 Å². The minimum atomic E-state index is -0.148. The van der Waals surface area contributed by atoms with E-state index in [1.54, 1.807) is 17.0 Å². The molecular formula is C25H26N3O4P. The molecule has 1 heterocycles. The molecule has 0 saturated heterocycles. The number of carbonyl (C=O) groups is 1. The smallest absolute Gasteiger partial charge is 0.260 e. The zero-order chi connectivity index (χ0) is 23.4. The number of carbonyl (C=O) groups excluding carboxylic acids is 1. The molecule has 0 fully saturated rings. The number of aliphatic imine (C=N–C) groups is 1. The molecular weight excluding hydrogens is 437 g/mol. The third-order valence-corrected chi connectivity index (χ3v) is 5.70. The largest absolute Gasteiger partial charge is 0.493 e. The highest BCUT2D eigenvalue weighted by atomic mass is 31.0. The number of rotatable bonds is 8. The quantitative estimate of drug-likeness (QED) is 0.297. The van der Waals surface area contributed by atoms with E-state index in [1.165, 1.54) is 7.11 Å². The van der Waals surface area contributed by atoms with Gasteiger partial charge in [-0.2, -0.15) is 0 Å². The Labute approximate surface area is 195 Å². The molecule has 0 bridgehead atoms. The molecule has 170 valence electrons. The van der Waals surface area contributed by atoms with Crippen LogP contribution in [0.1, 0.15) is 27.0 Å². The number of anilines is 2. The molecule has 7 nitrogen and oxygen atoms in total. The van der Waals surface area contributed by atoms with Crippen LogP contribution in [0.25, 0.3) is 0 Å². The van der Waals surface area contributed by atoms with E-state index in [4.69, 9.17) is 19.7 Å². The number of amides is 1. The fraction of sp³-hybridized carbons (Fsp3) is 0.200. The van der Waals surface area contributed by atoms with Crippen molar-refractivity contribution in [1.29, 1.82) is 0 Å². The first-order chi connectivity index (χ1) is 16.0. The summed E-state index contributed by atoms with van der Waals surface area (Å²) in [5.41, 5.74) is 11.4. The molecule has 0 radical (unpaired) electrons. The van der Waals surface area contributed by atoms with Gasteiger partial charge in [-0.1, -0.05) is 18.2 Å². The van der Waals surface area contributed by atoms with Gasteiger partial charge in [0.25, 0.3) is 5.91 Å². The maximum Gasteiger partial charge on any atom is 0.260 e. The van der Waals surface area contributed by atoms with E-state index in [1.807, 2.05) is 42.5 Å². The van der Waals surface area contributed by atoms with E-state index in [2.05, 4.69) is 21.2 Å². The number of nitrogens with two attached hydrogens (primary N) is 1. The SMILES string of the molecule is C=Nc1cc(OCc2cc(N)cc(COP)c2)c(OC)cc1C(=O)N1CCc2ccccc21. The average Bonchev–Trinajstić information content (AvgIpc) is 3.26. The summed E-state index contributed by atoms with van der Waals surface area (Å²) in [5, 5.41) is 0. The molecule has 0 aliphatic carbocycles. The molecule has 3 aromatic rings. The van der Waals surface area contributed by atoms with Crippen molar-refractivity contribution in [2.45, 2.75) is 19.6 Å². The zero-order valence-electron chi connectivity index (χ0n) is 18.4. The number of nitrogen functional groups attached to an aromatic ring is 1. The monoisotopic (exact) mass is 463 g/mol. The van der Waals surface area contributed by atoms with Crippen LogP contribution in [0.3, 0.4) is 0 Å². The second-order valence-corrected chi connectivity index (χ2v) is 8.03. The molecule has 0 aromatic heterocycles. The average molecular weight is 463 g/mol. The molecule has 3 aromatic carbocycles. The van der Waals surface area contributed by atoms with E-state index in [0.29, 0.717) is 41.6 Å². The summed E-state index contributed by atoms with van der Waals surface area (Å²) >= 11 is 0. The third kappa shape index (κ3) is 4.85. The number of fused-ring (bicyclic) bond motifs is 1. The first-order valence-corrected chi connectivity index (χ1v) is 10.9. The van der Waals surface area contributed by atoms with Crippen LogP contribution in [-0.2, 0) is 24.2 Å². The molecule has 1 unspecified atom stereocenters. The minimum absolute atomic E-state index is 0.148. The van der Waals surface area contributed by atoms with Crippen LogP contribution in [0.2, 0.25) is 0 Å². The first-order valence-electron chi connectivity index (χ1n) is 10.5. The van der Waals surface area contributed by atoms with Gasteiger partial charge in [-0.15, -0.1) is 0 Å². The molecule has 0 spiro atoms. The van der Waals surface area contributed by atoms with Gasteiger partial charge in [-0.3, -0.25) is 9.79 Å². The maximum atomic E-state index is 13.4. The normalized spacial score (nSPS) is 12.4. The summed E-state index contributed by atoms with van der Waals surface area (Å²) in [5.74, 6) is 0.755. The van der Waals surface area contributed by atoms with Crippen molar-refractivity contribution < 1.29 is 18.8 Å². The first kappa shape index (κ1) is 22.8. The number of benzene rings is 3. The fourth-order valence-electron chi connectivity index (χ4n) is 4.03. The van der Waals surface area contributed by atoms with Crippen molar-refractivity contribution in [3.8, 4) is 11.5 Å². The maximum absolute atomic E-state index is 13.4. The standard InChI is InChI=1S/C25H26N3O4P/c1-27-21-13-24(31-14-16-9-17(15-32-33)11-19(26)10-16)23(30-2)12-20(21)25(29)28-8-7-18-5-3-4-6-22(18)28/h3-6,9-13H,1,7-8,14-15,26,33H2,2H3. The van der Waals surface area contributed by atoms with Crippen LogP contribution in [0.4, 0.5) is 17.1 Å². The topological polar surface area (TPSA) is 86.4 Å². The number of methoxy groups -OCH3 is 1. The van der Waals surface area contributed by atoms with E-state index < -0.39 is 0 Å². The molecule has 1 atom stereocenters. The van der Waals surface area contributed by atoms with Crippen molar-refractivity contribution in [2.24, 2.45) is 4.99 Å². The van der Waals surface area contributed by atoms with Gasteiger partial charge in [-0.25, -0.2) is 0 Å². The number of para-hydroxylation sites is 1. The lowest BCUT2D eigenvalue weighted by Gasteiger charge is -2.20. The fourth-order valence-corrected chi connectivity index (χ4v) is 4.23. The molecule has 2 N–H and O–H groups in total. The van der Waals surface area contributed by atoms with Gasteiger partial charge in [0.15, 0.2) is 11.5 Å². The lowest BCUT2D eigenvalue weighted by molar-refractivity contribution is 0.0989. The van der Waals surface area contributed by atoms with Gasteiger partial charge >= 0.3 is 0 Å². The summed E-state index contributed by atoms with van der Waals surface area (Å²) in [7, 11) is 3.76. The second-order valence-electron chi connectivity index (χ2n) is 7.70. The summed E-state index contributed by atoms with van der Waals surface area (Å²) in [6.45, 7) is 4.95. The summed E-state index contributed by atoms with van der Waals surface area (Å²) in [6, 6.07) is 16.9. The Morgan fingerprint density at radius 1 is 1.12 bits per heavy atom. The highest BCUT2D eigenvalue weighted by Crippen LogP contribution is 2.38. The molecule has 33 heavy (non-hydrogen) atoms. The minimum Gasteiger partial charge on any atom is -0.493 e. The van der Waals surface area contributed by atoms with Gasteiger partial charge in [0.1, 0.15) is 6.61 Å². The summed E-state index contributed by atoms with van der Waals surface area (Å²) < 4.78 is 16.7. The van der Waals surface area contributed by atoms with Gasteiger partial charge in [0, 0.05) is 33.5 Å².